The number of nitro groups is 1. The van der Waals surface area contributed by atoms with Crippen molar-refractivity contribution >= 4 is 17.3 Å². The van der Waals surface area contributed by atoms with Gasteiger partial charge < -0.3 is 0 Å². The third-order valence-corrected chi connectivity index (χ3v) is 2.53. The van der Waals surface area contributed by atoms with E-state index in [1.807, 2.05) is 0 Å². The minimum Gasteiger partial charge on any atom is -0.258 e. The summed E-state index contributed by atoms with van der Waals surface area (Å²) in [6, 6.07) is 7.95. The molecule has 0 aliphatic heterocycles. The van der Waals surface area contributed by atoms with Crippen molar-refractivity contribution in [2.45, 2.75) is 0 Å². The molecule has 0 unspecified atom stereocenters. The van der Waals surface area contributed by atoms with Crippen LogP contribution in [0.3, 0.4) is 0 Å². The summed E-state index contributed by atoms with van der Waals surface area (Å²) in [5, 5.41) is 15.2. The third kappa shape index (κ3) is 1.90. The molecule has 0 saturated carbocycles. The summed E-state index contributed by atoms with van der Waals surface area (Å²) >= 11 is 5.85. The Morgan fingerprint density at radius 1 is 1.44 bits per heavy atom. The van der Waals surface area contributed by atoms with Crippen LogP contribution in [0.2, 0.25) is 5.15 Å². The van der Waals surface area contributed by atoms with E-state index in [-0.39, 0.29) is 5.69 Å². The zero-order chi connectivity index (χ0) is 11.7. The zero-order valence-electron chi connectivity index (χ0n) is 8.42. The molecule has 0 spiro atoms. The average Bonchev–Trinajstić information content (AvgIpc) is 2.59. The van der Waals surface area contributed by atoms with E-state index in [0.717, 1.165) is 0 Å². The van der Waals surface area contributed by atoms with Gasteiger partial charge in [-0.25, -0.2) is 0 Å². The van der Waals surface area contributed by atoms with Gasteiger partial charge in [-0.2, -0.15) is 5.10 Å². The maximum atomic E-state index is 10.6. The van der Waals surface area contributed by atoms with Crippen LogP contribution in [0.5, 0.6) is 0 Å². The number of hydrogen-bond acceptors (Lipinski definition) is 3. The van der Waals surface area contributed by atoms with Crippen LogP contribution in [-0.4, -0.2) is 14.7 Å². The molecule has 6 heteroatoms. The van der Waals surface area contributed by atoms with Gasteiger partial charge in [-0.3, -0.25) is 14.8 Å². The van der Waals surface area contributed by atoms with Gasteiger partial charge in [0.25, 0.3) is 5.69 Å². The van der Waals surface area contributed by atoms with Crippen molar-refractivity contribution in [1.82, 2.24) is 9.78 Å². The van der Waals surface area contributed by atoms with Gasteiger partial charge in [0.15, 0.2) is 0 Å². The molecule has 0 aliphatic carbocycles. The SMILES string of the molecule is Cn1nc(-c2cccc([N+](=O)[O-])c2)cc1Cl. The van der Waals surface area contributed by atoms with Crippen molar-refractivity contribution in [3.05, 3.63) is 45.6 Å². The summed E-state index contributed by atoms with van der Waals surface area (Å²) in [6.45, 7) is 0. The van der Waals surface area contributed by atoms with Crippen LogP contribution in [0.4, 0.5) is 5.69 Å². The molecule has 0 radical (unpaired) electrons. The molecule has 16 heavy (non-hydrogen) atoms. The standard InChI is InChI=1S/C10H8ClN3O2/c1-13-10(11)6-9(12-13)7-3-2-4-8(5-7)14(15)16/h2-6H,1H3. The number of aromatic nitrogens is 2. The molecule has 0 bridgehead atoms. The van der Waals surface area contributed by atoms with Crippen molar-refractivity contribution in [3.63, 3.8) is 0 Å². The highest BCUT2D eigenvalue weighted by Gasteiger charge is 2.10. The number of nitrogens with zero attached hydrogens (tertiary/aromatic N) is 3. The summed E-state index contributed by atoms with van der Waals surface area (Å²) < 4.78 is 1.51. The number of aryl methyl sites for hydroxylation is 1. The van der Waals surface area contributed by atoms with Crippen molar-refractivity contribution in [1.29, 1.82) is 0 Å². The maximum Gasteiger partial charge on any atom is 0.270 e. The first-order chi connectivity index (χ1) is 7.58. The fraction of sp³-hybridized carbons (Fsp3) is 0.100. The normalized spacial score (nSPS) is 10.4. The fourth-order valence-electron chi connectivity index (χ4n) is 1.36. The third-order valence-electron chi connectivity index (χ3n) is 2.18. The van der Waals surface area contributed by atoms with E-state index in [1.165, 1.54) is 16.8 Å². The molecule has 0 atom stereocenters. The predicted octanol–water partition coefficient (Wildman–Crippen LogP) is 2.65. The highest BCUT2D eigenvalue weighted by Crippen LogP contribution is 2.24. The second-order valence-electron chi connectivity index (χ2n) is 3.28. The minimum atomic E-state index is -0.436. The molecule has 82 valence electrons. The lowest BCUT2D eigenvalue weighted by Crippen LogP contribution is -1.91. The van der Waals surface area contributed by atoms with Crippen molar-refractivity contribution < 1.29 is 4.92 Å². The summed E-state index contributed by atoms with van der Waals surface area (Å²) in [6.07, 6.45) is 0. The van der Waals surface area contributed by atoms with Crippen LogP contribution < -0.4 is 0 Å². The Kier molecular flexibility index (Phi) is 2.62. The quantitative estimate of drug-likeness (QED) is 0.596. The molecule has 2 rings (SSSR count). The molecule has 0 N–H and O–H groups in total. The van der Waals surface area contributed by atoms with Crippen molar-refractivity contribution in [3.8, 4) is 11.3 Å². The van der Waals surface area contributed by atoms with Crippen LogP contribution in [0, 0.1) is 10.1 Å². The Hall–Kier alpha value is -1.88. The Morgan fingerprint density at radius 2 is 2.19 bits per heavy atom. The van der Waals surface area contributed by atoms with Gasteiger partial charge in [-0.1, -0.05) is 23.7 Å². The van der Waals surface area contributed by atoms with Gasteiger partial charge in [0, 0.05) is 30.8 Å². The van der Waals surface area contributed by atoms with Crippen LogP contribution >= 0.6 is 11.6 Å². The Labute approximate surface area is 96.4 Å². The summed E-state index contributed by atoms with van der Waals surface area (Å²) in [7, 11) is 1.71. The Morgan fingerprint density at radius 3 is 2.75 bits per heavy atom. The molecule has 2 aromatic rings. The van der Waals surface area contributed by atoms with Gasteiger partial charge in [0.05, 0.1) is 10.6 Å². The molecule has 0 aliphatic rings. The molecule has 0 saturated heterocycles. The second kappa shape index (κ2) is 3.94. The first kappa shape index (κ1) is 10.6. The number of halogens is 1. The van der Waals surface area contributed by atoms with E-state index >= 15 is 0 Å². The molecular formula is C10H8ClN3O2. The predicted molar refractivity (Wildman–Crippen MR) is 60.3 cm³/mol. The van der Waals surface area contributed by atoms with E-state index in [4.69, 9.17) is 11.6 Å². The highest BCUT2D eigenvalue weighted by molar-refractivity contribution is 6.29. The Balaban J connectivity index is 2.48. The first-order valence-electron chi connectivity index (χ1n) is 4.52. The van der Waals surface area contributed by atoms with Crippen LogP contribution in [0.1, 0.15) is 0 Å². The van der Waals surface area contributed by atoms with E-state index in [2.05, 4.69) is 5.10 Å². The lowest BCUT2D eigenvalue weighted by atomic mass is 10.1. The van der Waals surface area contributed by atoms with E-state index < -0.39 is 4.92 Å². The molecule has 5 nitrogen and oxygen atoms in total. The number of nitro benzene ring substituents is 1. The van der Waals surface area contributed by atoms with Crippen LogP contribution in [-0.2, 0) is 7.05 Å². The van der Waals surface area contributed by atoms with Gasteiger partial charge >= 0.3 is 0 Å². The summed E-state index contributed by atoms with van der Waals surface area (Å²) in [5.74, 6) is 0. The number of rotatable bonds is 2. The van der Waals surface area contributed by atoms with Gasteiger partial charge in [0.1, 0.15) is 5.15 Å². The fourth-order valence-corrected chi connectivity index (χ4v) is 1.51. The molecule has 1 aromatic carbocycles. The van der Waals surface area contributed by atoms with E-state index in [0.29, 0.717) is 16.4 Å². The number of benzene rings is 1. The van der Waals surface area contributed by atoms with Crippen LogP contribution in [0.15, 0.2) is 30.3 Å². The first-order valence-corrected chi connectivity index (χ1v) is 4.90. The smallest absolute Gasteiger partial charge is 0.258 e. The second-order valence-corrected chi connectivity index (χ2v) is 3.67. The molecular weight excluding hydrogens is 230 g/mol. The van der Waals surface area contributed by atoms with E-state index in [1.54, 1.807) is 25.2 Å². The largest absolute Gasteiger partial charge is 0.270 e. The average molecular weight is 238 g/mol. The number of hydrogen-bond donors (Lipinski definition) is 0. The van der Waals surface area contributed by atoms with Crippen molar-refractivity contribution in [2.75, 3.05) is 0 Å². The molecule has 1 heterocycles. The summed E-state index contributed by atoms with van der Waals surface area (Å²) in [4.78, 5) is 10.2. The minimum absolute atomic E-state index is 0.0410. The number of non-ortho nitro benzene ring substituents is 1. The molecule has 0 fully saturated rings. The van der Waals surface area contributed by atoms with Crippen LogP contribution in [0.25, 0.3) is 11.3 Å². The highest BCUT2D eigenvalue weighted by atomic mass is 35.5. The van der Waals surface area contributed by atoms with Crippen molar-refractivity contribution in [2.24, 2.45) is 7.05 Å². The van der Waals surface area contributed by atoms with Gasteiger partial charge in [0.2, 0.25) is 0 Å². The molecule has 1 aromatic heterocycles. The summed E-state index contributed by atoms with van der Waals surface area (Å²) in [5.41, 5.74) is 1.34. The zero-order valence-corrected chi connectivity index (χ0v) is 9.18. The monoisotopic (exact) mass is 237 g/mol. The lowest BCUT2D eigenvalue weighted by molar-refractivity contribution is -0.384. The molecule has 0 amide bonds. The van der Waals surface area contributed by atoms with Gasteiger partial charge in [-0.05, 0) is 0 Å². The van der Waals surface area contributed by atoms with E-state index in [9.17, 15) is 10.1 Å². The van der Waals surface area contributed by atoms with Gasteiger partial charge in [-0.15, -0.1) is 0 Å². The topological polar surface area (TPSA) is 61.0 Å². The Bertz CT molecular complexity index is 531. The maximum absolute atomic E-state index is 10.6. The lowest BCUT2D eigenvalue weighted by Gasteiger charge is -1.96.